The number of H-pyrrole nitrogens is 1. The van der Waals surface area contributed by atoms with Gasteiger partial charge in [-0.1, -0.05) is 17.3 Å². The molecule has 1 N–H and O–H groups in total. The van der Waals surface area contributed by atoms with Crippen molar-refractivity contribution in [1.82, 2.24) is 19.7 Å². The standard InChI is InChI=1S/C18H15FN4O2/c1-10-16(11(2)25-22-10)13-7-15-17(20-8-13)21-18(24)23(15)9-12-3-5-14(19)6-4-12/h3-8H,9H2,1-2H3,(H,20,21,24). The molecule has 0 radical (unpaired) electrons. The summed E-state index contributed by atoms with van der Waals surface area (Å²) in [5.74, 6) is 0.388. The van der Waals surface area contributed by atoms with E-state index in [1.54, 1.807) is 22.9 Å². The third-order valence-corrected chi connectivity index (χ3v) is 4.20. The first-order valence-corrected chi connectivity index (χ1v) is 7.79. The third-order valence-electron chi connectivity index (χ3n) is 4.20. The minimum absolute atomic E-state index is 0.261. The van der Waals surface area contributed by atoms with Crippen LogP contribution in [-0.2, 0) is 6.54 Å². The SMILES string of the molecule is Cc1noc(C)c1-c1cnc2[nH]c(=O)n(Cc3ccc(F)cc3)c2c1. The molecule has 4 rings (SSSR count). The molecule has 0 saturated carbocycles. The number of benzene rings is 1. The Labute approximate surface area is 141 Å². The zero-order chi connectivity index (χ0) is 17.6. The van der Waals surface area contributed by atoms with E-state index >= 15 is 0 Å². The van der Waals surface area contributed by atoms with Crippen LogP contribution >= 0.6 is 0 Å². The fourth-order valence-corrected chi connectivity index (χ4v) is 2.99. The highest BCUT2D eigenvalue weighted by molar-refractivity contribution is 5.79. The van der Waals surface area contributed by atoms with Crippen LogP contribution in [0.2, 0.25) is 0 Å². The van der Waals surface area contributed by atoms with E-state index in [9.17, 15) is 9.18 Å². The maximum atomic E-state index is 13.1. The number of imidazole rings is 1. The number of nitrogens with zero attached hydrogens (tertiary/aromatic N) is 3. The fourth-order valence-electron chi connectivity index (χ4n) is 2.99. The van der Waals surface area contributed by atoms with Crippen molar-refractivity contribution in [3.8, 4) is 11.1 Å². The van der Waals surface area contributed by atoms with Gasteiger partial charge in [0.2, 0.25) is 0 Å². The summed E-state index contributed by atoms with van der Waals surface area (Å²) in [6.45, 7) is 4.02. The summed E-state index contributed by atoms with van der Waals surface area (Å²) < 4.78 is 19.9. The maximum Gasteiger partial charge on any atom is 0.327 e. The summed E-state index contributed by atoms with van der Waals surface area (Å²) in [6.07, 6.45) is 1.69. The first-order chi connectivity index (χ1) is 12.0. The van der Waals surface area contributed by atoms with E-state index in [2.05, 4.69) is 15.1 Å². The van der Waals surface area contributed by atoms with Crippen LogP contribution in [0.25, 0.3) is 22.3 Å². The lowest BCUT2D eigenvalue weighted by Gasteiger charge is -2.05. The second-order valence-corrected chi connectivity index (χ2v) is 5.93. The number of halogens is 1. The van der Waals surface area contributed by atoms with Crippen LogP contribution < -0.4 is 5.69 Å². The van der Waals surface area contributed by atoms with Crippen molar-refractivity contribution in [2.45, 2.75) is 20.4 Å². The summed E-state index contributed by atoms with van der Waals surface area (Å²) in [5.41, 5.74) is 4.21. The number of aromatic amines is 1. The van der Waals surface area contributed by atoms with Gasteiger partial charge in [0.05, 0.1) is 17.8 Å². The smallest absolute Gasteiger partial charge is 0.327 e. The van der Waals surface area contributed by atoms with Gasteiger partial charge in [0.15, 0.2) is 5.65 Å². The van der Waals surface area contributed by atoms with E-state index in [1.165, 1.54) is 12.1 Å². The normalized spacial score (nSPS) is 11.3. The maximum absolute atomic E-state index is 13.1. The van der Waals surface area contributed by atoms with E-state index in [4.69, 9.17) is 4.52 Å². The minimum atomic E-state index is -0.308. The predicted octanol–water partition coefficient (Wildman–Crippen LogP) is 3.18. The molecule has 0 spiro atoms. The fraction of sp³-hybridized carbons (Fsp3) is 0.167. The van der Waals surface area contributed by atoms with Gasteiger partial charge < -0.3 is 4.52 Å². The number of fused-ring (bicyclic) bond motifs is 1. The Morgan fingerprint density at radius 1 is 1.24 bits per heavy atom. The van der Waals surface area contributed by atoms with E-state index < -0.39 is 0 Å². The van der Waals surface area contributed by atoms with Crippen LogP contribution in [-0.4, -0.2) is 19.7 Å². The second-order valence-electron chi connectivity index (χ2n) is 5.93. The van der Waals surface area contributed by atoms with Crippen LogP contribution in [0.4, 0.5) is 4.39 Å². The van der Waals surface area contributed by atoms with Gasteiger partial charge in [0, 0.05) is 17.3 Å². The number of rotatable bonds is 3. The van der Waals surface area contributed by atoms with Crippen LogP contribution in [0.15, 0.2) is 45.8 Å². The largest absolute Gasteiger partial charge is 0.361 e. The number of aromatic nitrogens is 4. The lowest BCUT2D eigenvalue weighted by Crippen LogP contribution is -2.17. The van der Waals surface area contributed by atoms with E-state index in [-0.39, 0.29) is 11.5 Å². The van der Waals surface area contributed by atoms with Crippen molar-refractivity contribution in [1.29, 1.82) is 0 Å². The quantitative estimate of drug-likeness (QED) is 0.622. The Kier molecular flexibility index (Phi) is 3.49. The van der Waals surface area contributed by atoms with E-state index in [0.717, 1.165) is 22.4 Å². The Morgan fingerprint density at radius 3 is 2.68 bits per heavy atom. The van der Waals surface area contributed by atoms with Crippen LogP contribution in [0, 0.1) is 19.7 Å². The van der Waals surface area contributed by atoms with Crippen molar-refractivity contribution < 1.29 is 8.91 Å². The average molecular weight is 338 g/mol. The third kappa shape index (κ3) is 2.63. The van der Waals surface area contributed by atoms with Crippen molar-refractivity contribution in [3.63, 3.8) is 0 Å². The molecule has 0 fully saturated rings. The second kappa shape index (κ2) is 5.70. The van der Waals surface area contributed by atoms with Gasteiger partial charge in [-0.3, -0.25) is 9.55 Å². The lowest BCUT2D eigenvalue weighted by atomic mass is 10.1. The lowest BCUT2D eigenvalue weighted by molar-refractivity contribution is 0.393. The van der Waals surface area contributed by atoms with Crippen molar-refractivity contribution in [3.05, 3.63) is 69.8 Å². The highest BCUT2D eigenvalue weighted by Gasteiger charge is 2.15. The molecule has 126 valence electrons. The number of aryl methyl sites for hydroxylation is 2. The Bertz CT molecular complexity index is 1100. The van der Waals surface area contributed by atoms with Gasteiger partial charge in [-0.2, -0.15) is 0 Å². The summed E-state index contributed by atoms with van der Waals surface area (Å²) in [6, 6.07) is 7.96. The molecule has 0 aliphatic carbocycles. The molecule has 6 nitrogen and oxygen atoms in total. The number of hydrogen-bond acceptors (Lipinski definition) is 4. The summed E-state index contributed by atoms with van der Waals surface area (Å²) in [5, 5.41) is 3.96. The Balaban J connectivity index is 1.84. The van der Waals surface area contributed by atoms with Crippen molar-refractivity contribution in [2.75, 3.05) is 0 Å². The van der Waals surface area contributed by atoms with Gasteiger partial charge in [-0.25, -0.2) is 14.2 Å². The van der Waals surface area contributed by atoms with Gasteiger partial charge in [-0.05, 0) is 37.6 Å². The summed E-state index contributed by atoms with van der Waals surface area (Å²) >= 11 is 0. The topological polar surface area (TPSA) is 76.7 Å². The molecule has 7 heteroatoms. The summed E-state index contributed by atoms with van der Waals surface area (Å²) in [4.78, 5) is 19.4. The van der Waals surface area contributed by atoms with E-state index in [0.29, 0.717) is 23.5 Å². The molecule has 0 bridgehead atoms. The molecule has 0 unspecified atom stereocenters. The first-order valence-electron chi connectivity index (χ1n) is 7.79. The number of pyridine rings is 1. The highest BCUT2D eigenvalue weighted by Crippen LogP contribution is 2.28. The molecule has 0 amide bonds. The molecule has 3 aromatic heterocycles. The first kappa shape index (κ1) is 15.3. The minimum Gasteiger partial charge on any atom is -0.361 e. The van der Waals surface area contributed by atoms with Gasteiger partial charge in [-0.15, -0.1) is 0 Å². The highest BCUT2D eigenvalue weighted by atomic mass is 19.1. The summed E-state index contributed by atoms with van der Waals surface area (Å²) in [7, 11) is 0. The van der Waals surface area contributed by atoms with Gasteiger partial charge in [0.25, 0.3) is 0 Å². The Morgan fingerprint density at radius 2 is 2.00 bits per heavy atom. The van der Waals surface area contributed by atoms with Gasteiger partial charge in [0.1, 0.15) is 11.6 Å². The zero-order valence-corrected chi connectivity index (χ0v) is 13.7. The molecule has 0 atom stereocenters. The Hall–Kier alpha value is -3.22. The molecule has 25 heavy (non-hydrogen) atoms. The van der Waals surface area contributed by atoms with Crippen molar-refractivity contribution in [2.24, 2.45) is 0 Å². The average Bonchev–Trinajstić information content (AvgIpc) is 3.09. The van der Waals surface area contributed by atoms with Gasteiger partial charge >= 0.3 is 5.69 Å². The molecule has 0 aliphatic heterocycles. The molecule has 0 aliphatic rings. The number of hydrogen-bond donors (Lipinski definition) is 1. The molecular weight excluding hydrogens is 323 g/mol. The molecule has 4 aromatic rings. The predicted molar refractivity (Wildman–Crippen MR) is 90.8 cm³/mol. The zero-order valence-electron chi connectivity index (χ0n) is 13.7. The van der Waals surface area contributed by atoms with Crippen molar-refractivity contribution >= 4 is 11.2 Å². The molecule has 1 aromatic carbocycles. The number of nitrogens with one attached hydrogen (secondary N) is 1. The van der Waals surface area contributed by atoms with Crippen LogP contribution in [0.5, 0.6) is 0 Å². The van der Waals surface area contributed by atoms with Crippen LogP contribution in [0.1, 0.15) is 17.0 Å². The monoisotopic (exact) mass is 338 g/mol. The molecule has 0 saturated heterocycles. The molecule has 3 heterocycles. The van der Waals surface area contributed by atoms with E-state index in [1.807, 2.05) is 19.9 Å². The molecular formula is C18H15FN4O2. The van der Waals surface area contributed by atoms with Crippen LogP contribution in [0.3, 0.4) is 0 Å².